The Bertz CT molecular complexity index is 526. The average Bonchev–Trinajstić information content (AvgIpc) is 2.53. The third-order valence-electron chi connectivity index (χ3n) is 3.93. The highest BCUT2D eigenvalue weighted by atomic mass is 19.2. The van der Waals surface area contributed by atoms with E-state index in [1.165, 1.54) is 6.07 Å². The molecule has 0 fully saturated rings. The largest absolute Gasteiger partial charge is 0.498 e. The van der Waals surface area contributed by atoms with Gasteiger partial charge in [0.1, 0.15) is 0 Å². The molecule has 0 amide bonds. The van der Waals surface area contributed by atoms with Crippen LogP contribution in [0.1, 0.15) is 45.1 Å². The van der Waals surface area contributed by atoms with Crippen LogP contribution >= 0.6 is 0 Å². The van der Waals surface area contributed by atoms with E-state index in [1.807, 2.05) is 0 Å². The summed E-state index contributed by atoms with van der Waals surface area (Å²) in [5.74, 6) is -0.252. The van der Waals surface area contributed by atoms with Crippen LogP contribution in [0, 0.1) is 17.6 Å². The second-order valence-corrected chi connectivity index (χ2v) is 5.66. The summed E-state index contributed by atoms with van der Waals surface area (Å²) in [5, 5.41) is 0. The molecule has 1 heterocycles. The molecule has 1 aromatic rings. The first-order valence-corrected chi connectivity index (χ1v) is 8.07. The summed E-state index contributed by atoms with van der Waals surface area (Å²) in [5.41, 5.74) is 0.407. The molecule has 1 aliphatic rings. The molecule has 0 spiro atoms. The van der Waals surface area contributed by atoms with E-state index in [-0.39, 0.29) is 5.75 Å². The minimum atomic E-state index is -0.885. The second kappa shape index (κ2) is 8.16. The summed E-state index contributed by atoms with van der Waals surface area (Å²) in [6.07, 6.45) is 6.45. The minimum Gasteiger partial charge on any atom is -0.498 e. The van der Waals surface area contributed by atoms with Crippen molar-refractivity contribution in [2.75, 3.05) is 13.2 Å². The van der Waals surface area contributed by atoms with Crippen LogP contribution in [0.15, 0.2) is 24.0 Å². The maximum Gasteiger partial charge on any atom is 0.200 e. The van der Waals surface area contributed by atoms with Gasteiger partial charge in [-0.1, -0.05) is 13.0 Å². The Morgan fingerprint density at radius 2 is 2.00 bits per heavy atom. The normalized spacial score (nSPS) is 17.8. The van der Waals surface area contributed by atoms with E-state index >= 15 is 0 Å². The Balaban J connectivity index is 1.91. The van der Waals surface area contributed by atoms with Crippen LogP contribution in [0.3, 0.4) is 0 Å². The van der Waals surface area contributed by atoms with E-state index in [2.05, 4.69) is 13.0 Å². The molecule has 2 nitrogen and oxygen atoms in total. The molecule has 0 aliphatic carbocycles. The molecule has 0 bridgehead atoms. The molecule has 2 rings (SSSR count). The van der Waals surface area contributed by atoms with Crippen LogP contribution < -0.4 is 4.74 Å². The first kappa shape index (κ1) is 16.8. The zero-order valence-corrected chi connectivity index (χ0v) is 13.3. The van der Waals surface area contributed by atoms with Crippen molar-refractivity contribution in [1.82, 2.24) is 0 Å². The number of ether oxygens (including phenoxy) is 2. The van der Waals surface area contributed by atoms with E-state index in [1.54, 1.807) is 13.0 Å². The van der Waals surface area contributed by atoms with E-state index in [9.17, 15) is 8.78 Å². The molecule has 0 radical (unpaired) electrons. The first-order valence-electron chi connectivity index (χ1n) is 8.07. The zero-order valence-electron chi connectivity index (χ0n) is 13.3. The van der Waals surface area contributed by atoms with Crippen LogP contribution in [-0.2, 0) is 11.2 Å². The van der Waals surface area contributed by atoms with E-state index in [4.69, 9.17) is 9.47 Å². The van der Waals surface area contributed by atoms with Gasteiger partial charge in [0.05, 0.1) is 19.0 Å². The van der Waals surface area contributed by atoms with Crippen LogP contribution in [-0.4, -0.2) is 13.2 Å². The molecular formula is C18H24F2O2. The summed E-state index contributed by atoms with van der Waals surface area (Å²) in [6, 6.07) is 3.12. The molecular weight excluding hydrogens is 286 g/mol. The Hall–Kier alpha value is -1.58. The number of allylic oxidation sites excluding steroid dienone is 2. The van der Waals surface area contributed by atoms with Crippen molar-refractivity contribution in [3.8, 4) is 5.75 Å². The summed E-state index contributed by atoms with van der Waals surface area (Å²) in [7, 11) is 0. The van der Waals surface area contributed by atoms with Crippen LogP contribution in [0.4, 0.5) is 8.78 Å². The molecule has 1 atom stereocenters. The fourth-order valence-corrected chi connectivity index (χ4v) is 2.66. The Morgan fingerprint density at radius 1 is 1.18 bits per heavy atom. The molecule has 122 valence electrons. The summed E-state index contributed by atoms with van der Waals surface area (Å²) in [4.78, 5) is 0. The van der Waals surface area contributed by atoms with Gasteiger partial charge >= 0.3 is 0 Å². The third kappa shape index (κ3) is 4.21. The van der Waals surface area contributed by atoms with E-state index in [0.29, 0.717) is 31.1 Å². The minimum absolute atomic E-state index is 0.0168. The third-order valence-corrected chi connectivity index (χ3v) is 3.93. The van der Waals surface area contributed by atoms with Crippen molar-refractivity contribution in [1.29, 1.82) is 0 Å². The lowest BCUT2D eigenvalue weighted by Crippen LogP contribution is -2.15. The van der Waals surface area contributed by atoms with Crippen molar-refractivity contribution in [2.24, 2.45) is 5.92 Å². The van der Waals surface area contributed by atoms with Gasteiger partial charge in [0.25, 0.3) is 0 Å². The lowest BCUT2D eigenvalue weighted by atomic mass is 9.95. The topological polar surface area (TPSA) is 18.5 Å². The second-order valence-electron chi connectivity index (χ2n) is 5.66. The van der Waals surface area contributed by atoms with Gasteiger partial charge in [0, 0.05) is 6.42 Å². The molecule has 22 heavy (non-hydrogen) atoms. The Morgan fingerprint density at radius 3 is 2.64 bits per heavy atom. The lowest BCUT2D eigenvalue weighted by molar-refractivity contribution is 0.134. The number of hydrogen-bond donors (Lipinski definition) is 0. The maximum atomic E-state index is 14.0. The van der Waals surface area contributed by atoms with Gasteiger partial charge in [0.15, 0.2) is 11.6 Å². The fourth-order valence-electron chi connectivity index (χ4n) is 2.66. The van der Waals surface area contributed by atoms with Crippen molar-refractivity contribution in [3.63, 3.8) is 0 Å². The highest BCUT2D eigenvalue weighted by Crippen LogP contribution is 2.27. The van der Waals surface area contributed by atoms with E-state index < -0.39 is 11.6 Å². The highest BCUT2D eigenvalue weighted by Gasteiger charge is 2.18. The van der Waals surface area contributed by atoms with Crippen molar-refractivity contribution in [3.05, 3.63) is 41.2 Å². The summed E-state index contributed by atoms with van der Waals surface area (Å²) >= 11 is 0. The molecule has 1 aliphatic heterocycles. The monoisotopic (exact) mass is 310 g/mol. The highest BCUT2D eigenvalue weighted by molar-refractivity contribution is 5.31. The Kier molecular flexibility index (Phi) is 6.22. The van der Waals surface area contributed by atoms with Crippen LogP contribution in [0.5, 0.6) is 5.75 Å². The van der Waals surface area contributed by atoms with Crippen LogP contribution in [0.25, 0.3) is 0 Å². The predicted octanol–water partition coefficient (Wildman–Crippen LogP) is 5.02. The van der Waals surface area contributed by atoms with Gasteiger partial charge in [0.2, 0.25) is 5.82 Å². The number of aryl methyl sites for hydroxylation is 1. The van der Waals surface area contributed by atoms with Gasteiger partial charge in [-0.2, -0.15) is 4.39 Å². The van der Waals surface area contributed by atoms with Crippen molar-refractivity contribution >= 4 is 0 Å². The van der Waals surface area contributed by atoms with Crippen molar-refractivity contribution in [2.45, 2.75) is 46.0 Å². The molecule has 0 aromatic heterocycles. The number of halogens is 2. The number of benzene rings is 1. The first-order chi connectivity index (χ1) is 10.7. The van der Waals surface area contributed by atoms with Gasteiger partial charge in [-0.05, 0) is 56.2 Å². The SMILES string of the molecule is CCCC1=CCC(CCc2ccc(OCC)c(F)c2F)CO1. The molecule has 0 saturated heterocycles. The smallest absolute Gasteiger partial charge is 0.200 e. The average molecular weight is 310 g/mol. The molecule has 1 unspecified atom stereocenters. The number of hydrogen-bond acceptors (Lipinski definition) is 2. The fraction of sp³-hybridized carbons (Fsp3) is 0.556. The maximum absolute atomic E-state index is 14.0. The molecule has 0 N–H and O–H groups in total. The van der Waals surface area contributed by atoms with Gasteiger partial charge in [-0.15, -0.1) is 0 Å². The van der Waals surface area contributed by atoms with E-state index in [0.717, 1.165) is 31.4 Å². The zero-order chi connectivity index (χ0) is 15.9. The Labute approximate surface area is 131 Å². The quantitative estimate of drug-likeness (QED) is 0.704. The molecule has 1 aromatic carbocycles. The van der Waals surface area contributed by atoms with Gasteiger partial charge < -0.3 is 9.47 Å². The summed E-state index contributed by atoms with van der Waals surface area (Å²) in [6.45, 7) is 4.86. The predicted molar refractivity (Wildman–Crippen MR) is 82.9 cm³/mol. The van der Waals surface area contributed by atoms with Gasteiger partial charge in [-0.3, -0.25) is 0 Å². The number of rotatable bonds is 7. The standard InChI is InChI=1S/C18H24F2O2/c1-3-5-15-10-7-13(12-22-15)6-8-14-9-11-16(21-4-2)18(20)17(14)19/h9-11,13H,3-8,12H2,1-2H3. The van der Waals surface area contributed by atoms with Crippen LogP contribution in [0.2, 0.25) is 0 Å². The summed E-state index contributed by atoms with van der Waals surface area (Å²) < 4.78 is 38.6. The lowest BCUT2D eigenvalue weighted by Gasteiger charge is -2.23. The molecule has 0 saturated carbocycles. The van der Waals surface area contributed by atoms with Crippen molar-refractivity contribution < 1.29 is 18.3 Å². The van der Waals surface area contributed by atoms with Gasteiger partial charge in [-0.25, -0.2) is 4.39 Å². The molecule has 4 heteroatoms.